The third-order valence-electron chi connectivity index (χ3n) is 2.53. The maximum atomic E-state index is 9.65. The molecule has 2 heterocycles. The first kappa shape index (κ1) is 10.8. The van der Waals surface area contributed by atoms with E-state index < -0.39 is 37.3 Å². The Morgan fingerprint density at radius 2 is 1.93 bits per heavy atom. The van der Waals surface area contributed by atoms with E-state index in [1.54, 1.807) is 0 Å². The number of nitrogens with zero attached hydrogens (tertiary/aromatic N) is 1. The lowest BCUT2D eigenvalue weighted by atomic mass is 9.98. The van der Waals surface area contributed by atoms with Crippen molar-refractivity contribution in [1.29, 1.82) is 0 Å². The summed E-state index contributed by atoms with van der Waals surface area (Å²) >= 11 is 0. The van der Waals surface area contributed by atoms with Crippen LogP contribution in [0, 0.1) is 0 Å². The molecule has 0 saturated carbocycles. The van der Waals surface area contributed by atoms with Crippen LogP contribution in [0.15, 0.2) is 4.99 Å². The molecule has 7 nitrogen and oxygen atoms in total. The number of hydrogen-bond donors (Lipinski definition) is 4. The highest BCUT2D eigenvalue weighted by Crippen LogP contribution is 2.28. The van der Waals surface area contributed by atoms with Crippen molar-refractivity contribution in [2.24, 2.45) is 4.99 Å². The lowest BCUT2D eigenvalue weighted by Gasteiger charge is -2.36. The van der Waals surface area contributed by atoms with E-state index in [9.17, 15) is 10.2 Å². The van der Waals surface area contributed by atoms with E-state index in [0.717, 1.165) is 0 Å². The molecule has 7 heteroatoms. The number of fused-ring (bicyclic) bond motifs is 1. The quantitative estimate of drug-likeness (QED) is 0.399. The molecule has 2 aliphatic heterocycles. The lowest BCUT2D eigenvalue weighted by Crippen LogP contribution is -2.56. The topological polar surface area (TPSA) is 112 Å². The minimum Gasteiger partial charge on any atom is -0.447 e. The number of aliphatic hydroxyl groups is 4. The summed E-state index contributed by atoms with van der Waals surface area (Å²) in [5.41, 5.74) is 0. The smallest absolute Gasteiger partial charge is 0.227 e. The molecule has 2 aliphatic rings. The van der Waals surface area contributed by atoms with Crippen LogP contribution in [-0.2, 0) is 9.47 Å². The minimum atomic E-state index is -1.21. The Morgan fingerprint density at radius 1 is 1.20 bits per heavy atom. The van der Waals surface area contributed by atoms with E-state index in [4.69, 9.17) is 19.7 Å². The zero-order chi connectivity index (χ0) is 11.0. The summed E-state index contributed by atoms with van der Waals surface area (Å²) in [4.78, 5) is 3.86. The molecule has 0 aromatic rings. The molecule has 0 spiro atoms. The molecule has 0 aliphatic carbocycles. The predicted molar refractivity (Wildman–Crippen MR) is 47.2 cm³/mol. The Morgan fingerprint density at radius 3 is 2.53 bits per heavy atom. The Labute approximate surface area is 85.6 Å². The number of aliphatic imine (C=N–C) groups is 1. The van der Waals surface area contributed by atoms with Gasteiger partial charge in [-0.05, 0) is 0 Å². The van der Waals surface area contributed by atoms with Crippen LogP contribution < -0.4 is 0 Å². The summed E-state index contributed by atoms with van der Waals surface area (Å²) in [5, 5.41) is 36.8. The molecule has 2 rings (SSSR count). The molecule has 5 atom stereocenters. The van der Waals surface area contributed by atoms with Gasteiger partial charge < -0.3 is 29.9 Å². The predicted octanol–water partition coefficient (Wildman–Crippen LogP) is -2.78. The van der Waals surface area contributed by atoms with Crippen molar-refractivity contribution >= 4 is 5.90 Å². The molecular weight excluding hydrogens is 206 g/mol. The standard InChI is InChI=1S/C8H13NO6/c10-1-3-6(12)7(13)5-8(14-3)15-4(2-11)9-5/h3,5-8,10-13H,1-2H2. The molecule has 15 heavy (non-hydrogen) atoms. The molecule has 0 radical (unpaired) electrons. The normalized spacial score (nSPS) is 44.5. The maximum absolute atomic E-state index is 9.65. The second-order valence-electron chi connectivity index (χ2n) is 3.50. The van der Waals surface area contributed by atoms with Crippen molar-refractivity contribution in [2.45, 2.75) is 30.6 Å². The first-order valence-corrected chi connectivity index (χ1v) is 4.64. The van der Waals surface area contributed by atoms with Gasteiger partial charge in [-0.15, -0.1) is 0 Å². The highest BCUT2D eigenvalue weighted by molar-refractivity contribution is 5.79. The number of rotatable bonds is 2. The molecule has 86 valence electrons. The number of ether oxygens (including phenoxy) is 2. The van der Waals surface area contributed by atoms with Crippen LogP contribution >= 0.6 is 0 Å². The van der Waals surface area contributed by atoms with Crippen LogP contribution in [0.1, 0.15) is 0 Å². The molecule has 0 amide bonds. The second kappa shape index (κ2) is 4.03. The largest absolute Gasteiger partial charge is 0.447 e. The summed E-state index contributed by atoms with van der Waals surface area (Å²) in [6.07, 6.45) is -4.11. The van der Waals surface area contributed by atoms with Gasteiger partial charge in [0.25, 0.3) is 0 Å². The summed E-state index contributed by atoms with van der Waals surface area (Å²) in [5.74, 6) is 0.0647. The van der Waals surface area contributed by atoms with Gasteiger partial charge in [0.2, 0.25) is 12.2 Å². The van der Waals surface area contributed by atoms with Crippen LogP contribution in [0.4, 0.5) is 0 Å². The van der Waals surface area contributed by atoms with Crippen LogP contribution in [0.2, 0.25) is 0 Å². The van der Waals surface area contributed by atoms with E-state index in [1.807, 2.05) is 0 Å². The Hall–Kier alpha value is -0.730. The molecule has 0 aromatic heterocycles. The summed E-state index contributed by atoms with van der Waals surface area (Å²) in [7, 11) is 0. The highest BCUT2D eigenvalue weighted by Gasteiger charge is 2.48. The van der Waals surface area contributed by atoms with Crippen molar-refractivity contribution in [3.8, 4) is 0 Å². The average Bonchev–Trinajstić information content (AvgIpc) is 2.66. The van der Waals surface area contributed by atoms with Crippen molar-refractivity contribution in [3.05, 3.63) is 0 Å². The van der Waals surface area contributed by atoms with Crippen molar-refractivity contribution in [3.63, 3.8) is 0 Å². The van der Waals surface area contributed by atoms with E-state index in [2.05, 4.69) is 4.99 Å². The molecule has 1 saturated heterocycles. The van der Waals surface area contributed by atoms with Crippen LogP contribution in [-0.4, -0.2) is 70.2 Å². The van der Waals surface area contributed by atoms with Gasteiger partial charge in [-0.2, -0.15) is 0 Å². The van der Waals surface area contributed by atoms with Crippen molar-refractivity contribution < 1.29 is 29.9 Å². The zero-order valence-corrected chi connectivity index (χ0v) is 7.85. The monoisotopic (exact) mass is 219 g/mol. The molecule has 0 bridgehead atoms. The molecule has 4 N–H and O–H groups in total. The second-order valence-corrected chi connectivity index (χ2v) is 3.50. The average molecular weight is 219 g/mol. The first-order valence-electron chi connectivity index (χ1n) is 4.64. The maximum Gasteiger partial charge on any atom is 0.227 e. The lowest BCUT2D eigenvalue weighted by molar-refractivity contribution is -0.234. The van der Waals surface area contributed by atoms with E-state index >= 15 is 0 Å². The van der Waals surface area contributed by atoms with Crippen LogP contribution in [0.3, 0.4) is 0 Å². The van der Waals surface area contributed by atoms with Gasteiger partial charge in [-0.3, -0.25) is 0 Å². The van der Waals surface area contributed by atoms with Crippen molar-refractivity contribution in [2.75, 3.05) is 13.2 Å². The molecule has 1 fully saturated rings. The summed E-state index contributed by atoms with van der Waals surface area (Å²) in [6.45, 7) is -0.803. The third-order valence-corrected chi connectivity index (χ3v) is 2.53. The van der Waals surface area contributed by atoms with Gasteiger partial charge in [0.1, 0.15) is 31.0 Å². The van der Waals surface area contributed by atoms with Gasteiger partial charge >= 0.3 is 0 Å². The van der Waals surface area contributed by atoms with Crippen LogP contribution in [0.25, 0.3) is 0 Å². The van der Waals surface area contributed by atoms with E-state index in [1.165, 1.54) is 0 Å². The number of hydrogen-bond acceptors (Lipinski definition) is 7. The zero-order valence-electron chi connectivity index (χ0n) is 7.85. The third kappa shape index (κ3) is 1.72. The fraction of sp³-hybridized carbons (Fsp3) is 0.875. The number of aliphatic hydroxyl groups excluding tert-OH is 4. The Kier molecular flexibility index (Phi) is 2.89. The van der Waals surface area contributed by atoms with Gasteiger partial charge in [0.05, 0.1) is 6.61 Å². The minimum absolute atomic E-state index is 0.0647. The van der Waals surface area contributed by atoms with E-state index in [0.29, 0.717) is 0 Å². The highest BCUT2D eigenvalue weighted by atomic mass is 16.7. The van der Waals surface area contributed by atoms with Gasteiger partial charge in [-0.1, -0.05) is 0 Å². The van der Waals surface area contributed by atoms with Gasteiger partial charge in [0, 0.05) is 0 Å². The molecule has 0 aromatic carbocycles. The summed E-state index contributed by atoms with van der Waals surface area (Å²) < 4.78 is 10.2. The van der Waals surface area contributed by atoms with Gasteiger partial charge in [-0.25, -0.2) is 4.99 Å². The summed E-state index contributed by atoms with van der Waals surface area (Å²) in [6, 6.07) is -0.745. The Bertz CT molecular complexity index is 270. The molecular formula is C8H13NO6. The van der Waals surface area contributed by atoms with Crippen molar-refractivity contribution in [1.82, 2.24) is 0 Å². The van der Waals surface area contributed by atoms with Gasteiger partial charge in [0.15, 0.2) is 0 Å². The fourth-order valence-corrected chi connectivity index (χ4v) is 1.71. The molecule has 5 unspecified atom stereocenters. The van der Waals surface area contributed by atoms with E-state index in [-0.39, 0.29) is 12.5 Å². The Balaban J connectivity index is 2.12. The SMILES string of the molecule is OCC1=NC2C(O1)OC(CO)C(O)C2O. The first-order chi connectivity index (χ1) is 7.17. The fourth-order valence-electron chi connectivity index (χ4n) is 1.71. The van der Waals surface area contributed by atoms with Crippen LogP contribution in [0.5, 0.6) is 0 Å².